The molecule has 7 rings (SSSR count). The fourth-order valence-corrected chi connectivity index (χ4v) is 5.80. The van der Waals surface area contributed by atoms with E-state index in [9.17, 15) is 4.79 Å². The van der Waals surface area contributed by atoms with Crippen molar-refractivity contribution in [2.75, 3.05) is 0 Å². The summed E-state index contributed by atoms with van der Waals surface area (Å²) >= 11 is 2.89. The van der Waals surface area contributed by atoms with Gasteiger partial charge in [0.05, 0.1) is 15.1 Å². The lowest BCUT2D eigenvalue weighted by molar-refractivity contribution is 0.884. The molecule has 4 heterocycles. The minimum atomic E-state index is -0.178. The predicted molar refractivity (Wildman–Crippen MR) is 146 cm³/mol. The molecular weight excluding hydrogens is 486 g/mol. The van der Waals surface area contributed by atoms with Gasteiger partial charge in [-0.1, -0.05) is 72.0 Å². The fraction of sp³-hybridized carbons (Fsp3) is 0. The van der Waals surface area contributed by atoms with Gasteiger partial charge in [0, 0.05) is 17.3 Å². The van der Waals surface area contributed by atoms with Gasteiger partial charge in [-0.05, 0) is 46.5 Å². The predicted octanol–water partition coefficient (Wildman–Crippen LogP) is 5.43. The molecule has 0 saturated heterocycles. The maximum absolute atomic E-state index is 13.2. The molecule has 0 spiro atoms. The Morgan fingerprint density at radius 2 is 1.67 bits per heavy atom. The lowest BCUT2D eigenvalue weighted by atomic mass is 10.0. The van der Waals surface area contributed by atoms with E-state index in [1.54, 1.807) is 11.3 Å². The summed E-state index contributed by atoms with van der Waals surface area (Å²) < 4.78 is 3.81. The molecule has 0 bridgehead atoms. The van der Waals surface area contributed by atoms with Crippen molar-refractivity contribution < 1.29 is 0 Å². The second-order valence-corrected chi connectivity index (χ2v) is 10.3. The van der Waals surface area contributed by atoms with Crippen molar-refractivity contribution >= 4 is 44.5 Å². The molecule has 3 aromatic carbocycles. The molecule has 0 aliphatic rings. The first-order chi connectivity index (χ1) is 17.7. The topological polar surface area (TPSA) is 65.1 Å². The molecule has 0 aliphatic heterocycles. The largest absolute Gasteiger partial charge is 0.291 e. The highest BCUT2D eigenvalue weighted by Gasteiger charge is 2.15. The van der Waals surface area contributed by atoms with Crippen molar-refractivity contribution in [2.24, 2.45) is 0 Å². The highest BCUT2D eigenvalue weighted by atomic mass is 32.1. The SMILES string of the molecule is O=c1c(=Cc2cn(-c3ccccc3)nc2-c2ccc3ccccc3c2)sc2nc(-c3cccs3)nn12. The molecule has 0 atom stereocenters. The lowest BCUT2D eigenvalue weighted by Crippen LogP contribution is -2.23. The molecule has 4 aromatic heterocycles. The maximum Gasteiger partial charge on any atom is 0.291 e. The van der Waals surface area contributed by atoms with Crippen LogP contribution in [0.5, 0.6) is 0 Å². The summed E-state index contributed by atoms with van der Waals surface area (Å²) in [7, 11) is 0. The van der Waals surface area contributed by atoms with Crippen molar-refractivity contribution in [3.05, 3.63) is 117 Å². The van der Waals surface area contributed by atoms with Crippen LogP contribution in [0.15, 0.2) is 101 Å². The summed E-state index contributed by atoms with van der Waals surface area (Å²) in [5.41, 5.74) is 3.42. The third-order valence-electron chi connectivity index (χ3n) is 6.00. The van der Waals surface area contributed by atoms with Crippen LogP contribution in [0.25, 0.3) is 49.5 Å². The zero-order valence-electron chi connectivity index (χ0n) is 18.8. The molecule has 36 heavy (non-hydrogen) atoms. The van der Waals surface area contributed by atoms with Crippen molar-refractivity contribution in [3.63, 3.8) is 0 Å². The van der Waals surface area contributed by atoms with E-state index in [2.05, 4.69) is 40.4 Å². The molecule has 6 nitrogen and oxygen atoms in total. The number of hydrogen-bond donors (Lipinski definition) is 0. The lowest BCUT2D eigenvalue weighted by Gasteiger charge is -2.03. The van der Waals surface area contributed by atoms with Gasteiger partial charge in [-0.15, -0.1) is 16.4 Å². The number of nitrogens with zero attached hydrogens (tertiary/aromatic N) is 5. The number of thiazole rings is 1. The van der Waals surface area contributed by atoms with Crippen LogP contribution in [-0.4, -0.2) is 24.4 Å². The monoisotopic (exact) mass is 503 g/mol. The average molecular weight is 504 g/mol. The zero-order valence-corrected chi connectivity index (χ0v) is 20.4. The molecule has 172 valence electrons. The first-order valence-electron chi connectivity index (χ1n) is 11.3. The molecule has 0 unspecified atom stereocenters. The molecular formula is C28H17N5OS2. The van der Waals surface area contributed by atoms with Gasteiger partial charge in [-0.3, -0.25) is 4.79 Å². The first kappa shape index (κ1) is 20.9. The Kier molecular flexibility index (Phi) is 4.87. The molecule has 0 radical (unpaired) electrons. The van der Waals surface area contributed by atoms with Gasteiger partial charge in [0.1, 0.15) is 5.69 Å². The van der Waals surface area contributed by atoms with E-state index in [1.807, 2.05) is 76.9 Å². The van der Waals surface area contributed by atoms with E-state index < -0.39 is 0 Å². The van der Waals surface area contributed by atoms with Crippen molar-refractivity contribution in [1.29, 1.82) is 0 Å². The van der Waals surface area contributed by atoms with Gasteiger partial charge >= 0.3 is 0 Å². The molecule has 0 aliphatic carbocycles. The van der Waals surface area contributed by atoms with Crippen LogP contribution in [0.4, 0.5) is 0 Å². The quantitative estimate of drug-likeness (QED) is 0.321. The van der Waals surface area contributed by atoms with E-state index >= 15 is 0 Å². The number of aromatic nitrogens is 5. The summed E-state index contributed by atoms with van der Waals surface area (Å²) in [5.74, 6) is 0.577. The van der Waals surface area contributed by atoms with E-state index in [-0.39, 0.29) is 5.56 Å². The first-order valence-corrected chi connectivity index (χ1v) is 13.0. The Morgan fingerprint density at radius 1 is 0.833 bits per heavy atom. The van der Waals surface area contributed by atoms with Gasteiger partial charge in [0.25, 0.3) is 5.56 Å². The number of thiophene rings is 1. The molecule has 0 N–H and O–H groups in total. The fourth-order valence-electron chi connectivity index (χ4n) is 4.25. The van der Waals surface area contributed by atoms with Crippen molar-refractivity contribution in [2.45, 2.75) is 0 Å². The van der Waals surface area contributed by atoms with E-state index in [0.29, 0.717) is 15.3 Å². The molecule has 0 saturated carbocycles. The van der Waals surface area contributed by atoms with Crippen LogP contribution in [0, 0.1) is 0 Å². The van der Waals surface area contributed by atoms with Gasteiger partial charge in [-0.2, -0.15) is 14.6 Å². The Morgan fingerprint density at radius 3 is 2.47 bits per heavy atom. The summed E-state index contributed by atoms with van der Waals surface area (Å²) in [4.78, 5) is 19.3. The van der Waals surface area contributed by atoms with E-state index in [4.69, 9.17) is 5.10 Å². The standard InChI is InChI=1S/C28H17N5OS2/c34-27-24(36-28-29-26(31-33(27)28)23-11-6-14-35-23)16-21-17-32(22-9-2-1-3-10-22)30-25(21)20-13-12-18-7-4-5-8-19(18)15-20/h1-17H. The van der Waals surface area contributed by atoms with Crippen LogP contribution < -0.4 is 10.1 Å². The molecule has 0 amide bonds. The summed E-state index contributed by atoms with van der Waals surface area (Å²) in [5, 5.41) is 13.7. The van der Waals surface area contributed by atoms with Crippen molar-refractivity contribution in [1.82, 2.24) is 24.4 Å². The van der Waals surface area contributed by atoms with Crippen LogP contribution in [0.2, 0.25) is 0 Å². The smallest absolute Gasteiger partial charge is 0.266 e. The Balaban J connectivity index is 1.40. The highest BCUT2D eigenvalue weighted by Crippen LogP contribution is 2.28. The van der Waals surface area contributed by atoms with Gasteiger partial charge < -0.3 is 0 Å². The molecule has 8 heteroatoms. The molecule has 7 aromatic rings. The Bertz CT molecular complexity index is 1970. The second kappa shape index (κ2) is 8.37. The van der Waals surface area contributed by atoms with E-state index in [0.717, 1.165) is 32.8 Å². The van der Waals surface area contributed by atoms with E-state index in [1.165, 1.54) is 21.2 Å². The number of fused-ring (bicyclic) bond motifs is 2. The maximum atomic E-state index is 13.2. The normalized spacial score (nSPS) is 12.2. The number of benzene rings is 3. The number of rotatable bonds is 4. The highest BCUT2D eigenvalue weighted by molar-refractivity contribution is 7.15. The second-order valence-electron chi connectivity index (χ2n) is 8.30. The Hall–Kier alpha value is -4.40. The number of hydrogen-bond acceptors (Lipinski definition) is 6. The summed E-state index contributed by atoms with van der Waals surface area (Å²) in [6.45, 7) is 0. The van der Waals surface area contributed by atoms with Crippen LogP contribution >= 0.6 is 22.7 Å². The summed E-state index contributed by atoms with van der Waals surface area (Å²) in [6, 6.07) is 28.4. The summed E-state index contributed by atoms with van der Waals surface area (Å²) in [6.07, 6.45) is 3.86. The minimum Gasteiger partial charge on any atom is -0.266 e. The van der Waals surface area contributed by atoms with Gasteiger partial charge in [0.15, 0.2) is 5.82 Å². The van der Waals surface area contributed by atoms with Gasteiger partial charge in [-0.25, -0.2) is 4.68 Å². The van der Waals surface area contributed by atoms with Crippen LogP contribution in [-0.2, 0) is 0 Å². The number of para-hydroxylation sites is 1. The van der Waals surface area contributed by atoms with Crippen LogP contribution in [0.3, 0.4) is 0 Å². The zero-order chi connectivity index (χ0) is 24.1. The Labute approximate surface area is 213 Å². The molecule has 0 fully saturated rings. The van der Waals surface area contributed by atoms with Gasteiger partial charge in [0.2, 0.25) is 4.96 Å². The minimum absolute atomic E-state index is 0.178. The average Bonchev–Trinajstić information content (AvgIpc) is 3.71. The van der Waals surface area contributed by atoms with Crippen LogP contribution in [0.1, 0.15) is 5.56 Å². The van der Waals surface area contributed by atoms with Crippen molar-refractivity contribution in [3.8, 4) is 27.6 Å². The third-order valence-corrected chi connectivity index (χ3v) is 7.82. The third kappa shape index (κ3) is 3.55.